The number of aliphatic hydroxyl groups is 1. The van der Waals surface area contributed by atoms with E-state index in [1.807, 2.05) is 0 Å². The van der Waals surface area contributed by atoms with Gasteiger partial charge in [-0.1, -0.05) is 259 Å². The molecule has 0 aliphatic rings. The zero-order valence-electron chi connectivity index (χ0n) is 51.9. The van der Waals surface area contributed by atoms with Crippen LogP contribution < -0.4 is 0 Å². The highest BCUT2D eigenvalue weighted by Gasteiger charge is 2.30. The van der Waals surface area contributed by atoms with E-state index in [9.17, 15) is 43.2 Å². The second-order valence-corrected chi connectivity index (χ2v) is 25.8. The van der Waals surface area contributed by atoms with Crippen molar-refractivity contribution < 1.29 is 80.2 Å². The van der Waals surface area contributed by atoms with Crippen LogP contribution in [0.1, 0.15) is 311 Å². The van der Waals surface area contributed by atoms with E-state index in [4.69, 9.17) is 37.0 Å². The van der Waals surface area contributed by atoms with E-state index in [0.717, 1.165) is 115 Å². The third-order valence-corrected chi connectivity index (χ3v) is 16.2. The van der Waals surface area contributed by atoms with Crippen LogP contribution >= 0.6 is 15.6 Å². The standard InChI is InChI=1S/C62H120O17P2/c1-6-9-12-15-17-18-19-20-21-22-25-29-33-38-43-48-62(67)79-58(52-73-60(65)46-41-36-32-28-26-23-24-27-31-35-39-44-55(4)5)54-77-81(70,71)75-50-56(63)49-74-80(68,69)76-53-57(51-72-59(64)45-40-34-14-11-8-3)78-61(66)47-42-37-30-16-13-10-7-2/h55-58,63H,6-54H2,1-5H3,(H,68,69)(H,70,71)/t56-,57+,58+/m0/s1. The van der Waals surface area contributed by atoms with Crippen LogP contribution in [0.15, 0.2) is 0 Å². The summed E-state index contributed by atoms with van der Waals surface area (Å²) in [6.45, 7) is 7.06. The van der Waals surface area contributed by atoms with Crippen LogP contribution in [0.3, 0.4) is 0 Å². The number of esters is 4. The maximum absolute atomic E-state index is 13.0. The zero-order chi connectivity index (χ0) is 59.9. The summed E-state index contributed by atoms with van der Waals surface area (Å²) in [5.41, 5.74) is 0. The number of phosphoric ester groups is 2. The van der Waals surface area contributed by atoms with E-state index in [2.05, 4.69) is 34.6 Å². The first-order chi connectivity index (χ1) is 39.0. The van der Waals surface area contributed by atoms with Gasteiger partial charge in [-0.25, -0.2) is 9.13 Å². The molecular weight excluding hydrogens is 1080 g/mol. The van der Waals surface area contributed by atoms with Crippen LogP contribution in [0.4, 0.5) is 0 Å². The van der Waals surface area contributed by atoms with Crippen molar-refractivity contribution in [1.82, 2.24) is 0 Å². The SMILES string of the molecule is CCCCCCCCCCCCCCCCCC(=O)O[C@H](COC(=O)CCCCCCCCCCCCCC(C)C)COP(=O)(O)OC[C@@H](O)COP(=O)(O)OC[C@@H](COC(=O)CCCCCCC)OC(=O)CCCCCCCCC. The molecule has 0 spiro atoms. The van der Waals surface area contributed by atoms with Crippen LogP contribution in [-0.2, 0) is 65.4 Å². The van der Waals surface area contributed by atoms with Gasteiger partial charge in [-0.2, -0.15) is 0 Å². The summed E-state index contributed by atoms with van der Waals surface area (Å²) < 4.78 is 67.6. The van der Waals surface area contributed by atoms with Gasteiger partial charge in [-0.15, -0.1) is 0 Å². The summed E-state index contributed by atoms with van der Waals surface area (Å²) in [5.74, 6) is -1.38. The Balaban J connectivity index is 5.15. The Morgan fingerprint density at radius 2 is 0.568 bits per heavy atom. The molecule has 17 nitrogen and oxygen atoms in total. The minimum atomic E-state index is -4.94. The van der Waals surface area contributed by atoms with Gasteiger partial charge in [0.2, 0.25) is 0 Å². The number of ether oxygens (including phenoxy) is 4. The van der Waals surface area contributed by atoms with Crippen molar-refractivity contribution in [1.29, 1.82) is 0 Å². The normalized spacial score (nSPS) is 14.3. The highest BCUT2D eigenvalue weighted by molar-refractivity contribution is 7.47. The Bertz CT molecular complexity index is 1580. The number of phosphoric acid groups is 2. The van der Waals surface area contributed by atoms with Crippen molar-refractivity contribution in [2.45, 2.75) is 329 Å². The number of unbranched alkanes of at least 4 members (excludes halogenated alkanes) is 34. The van der Waals surface area contributed by atoms with Crippen molar-refractivity contribution in [3.05, 3.63) is 0 Å². The molecule has 0 aliphatic carbocycles. The van der Waals surface area contributed by atoms with E-state index in [1.54, 1.807) is 0 Å². The third-order valence-electron chi connectivity index (χ3n) is 14.3. The lowest BCUT2D eigenvalue weighted by Crippen LogP contribution is -2.30. The maximum Gasteiger partial charge on any atom is 0.472 e. The summed E-state index contributed by atoms with van der Waals surface area (Å²) in [6.07, 6.45) is 39.4. The molecule has 0 amide bonds. The summed E-state index contributed by atoms with van der Waals surface area (Å²) in [7, 11) is -9.87. The molecule has 0 saturated heterocycles. The molecule has 2 unspecified atom stereocenters. The smallest absolute Gasteiger partial charge is 0.462 e. The third kappa shape index (κ3) is 56.9. The number of hydrogen-bond donors (Lipinski definition) is 3. The molecule has 19 heteroatoms. The molecule has 0 aromatic rings. The first-order valence-electron chi connectivity index (χ1n) is 32.6. The minimum absolute atomic E-state index is 0.103. The first-order valence-corrected chi connectivity index (χ1v) is 35.6. The Labute approximate surface area is 492 Å². The lowest BCUT2D eigenvalue weighted by molar-refractivity contribution is -0.161. The molecule has 0 aromatic heterocycles. The molecule has 0 fully saturated rings. The molecule has 0 aromatic carbocycles. The number of hydrogen-bond acceptors (Lipinski definition) is 15. The molecule has 5 atom stereocenters. The van der Waals surface area contributed by atoms with E-state index in [0.29, 0.717) is 25.7 Å². The largest absolute Gasteiger partial charge is 0.472 e. The second kappa shape index (κ2) is 55.9. The minimum Gasteiger partial charge on any atom is -0.462 e. The van der Waals surface area contributed by atoms with E-state index in [1.165, 1.54) is 116 Å². The van der Waals surface area contributed by atoms with E-state index >= 15 is 0 Å². The highest BCUT2D eigenvalue weighted by Crippen LogP contribution is 2.45. The van der Waals surface area contributed by atoms with E-state index < -0.39 is 97.5 Å². The van der Waals surface area contributed by atoms with Crippen molar-refractivity contribution in [2.75, 3.05) is 39.6 Å². The average molecular weight is 1200 g/mol. The number of aliphatic hydroxyl groups excluding tert-OH is 1. The van der Waals surface area contributed by atoms with Gasteiger partial charge in [0.05, 0.1) is 26.4 Å². The van der Waals surface area contributed by atoms with Gasteiger partial charge < -0.3 is 33.8 Å². The molecule has 0 aliphatic heterocycles. The molecule has 0 saturated carbocycles. The Kier molecular flexibility index (Phi) is 54.6. The zero-order valence-corrected chi connectivity index (χ0v) is 53.7. The summed E-state index contributed by atoms with van der Waals surface area (Å²) >= 11 is 0. The lowest BCUT2D eigenvalue weighted by Gasteiger charge is -2.21. The molecule has 0 heterocycles. The number of carbonyl (C=O) groups excluding carboxylic acids is 4. The highest BCUT2D eigenvalue weighted by atomic mass is 31.2. The topological polar surface area (TPSA) is 237 Å². The van der Waals surface area contributed by atoms with Crippen LogP contribution in [0.2, 0.25) is 0 Å². The Morgan fingerprint density at radius 1 is 0.333 bits per heavy atom. The Hall–Kier alpha value is -1.94. The second-order valence-electron chi connectivity index (χ2n) is 22.9. The van der Waals surface area contributed by atoms with Crippen LogP contribution in [0.25, 0.3) is 0 Å². The van der Waals surface area contributed by atoms with Crippen molar-refractivity contribution in [3.8, 4) is 0 Å². The molecule has 480 valence electrons. The fourth-order valence-corrected chi connectivity index (χ4v) is 10.8. The molecule has 3 N–H and O–H groups in total. The first kappa shape index (κ1) is 79.1. The van der Waals surface area contributed by atoms with Gasteiger partial charge in [-0.05, 0) is 31.6 Å². The quantitative estimate of drug-likeness (QED) is 0.0222. The van der Waals surface area contributed by atoms with Gasteiger partial charge in [0, 0.05) is 25.7 Å². The monoisotopic (exact) mass is 1200 g/mol. The summed E-state index contributed by atoms with van der Waals surface area (Å²) in [5, 5.41) is 10.5. The van der Waals surface area contributed by atoms with Crippen LogP contribution in [-0.4, -0.2) is 96.7 Å². The van der Waals surface area contributed by atoms with Gasteiger partial charge in [0.1, 0.15) is 19.3 Å². The van der Waals surface area contributed by atoms with Gasteiger partial charge in [0.15, 0.2) is 12.2 Å². The number of rotatable bonds is 62. The predicted molar refractivity (Wildman–Crippen MR) is 322 cm³/mol. The van der Waals surface area contributed by atoms with Gasteiger partial charge >= 0.3 is 39.5 Å². The summed E-state index contributed by atoms with van der Waals surface area (Å²) in [6, 6.07) is 0. The van der Waals surface area contributed by atoms with Gasteiger partial charge in [0.25, 0.3) is 0 Å². The number of carbonyl (C=O) groups is 4. The van der Waals surface area contributed by atoms with Crippen LogP contribution in [0, 0.1) is 5.92 Å². The molecular formula is C62H120O17P2. The molecule has 81 heavy (non-hydrogen) atoms. The van der Waals surface area contributed by atoms with Crippen molar-refractivity contribution >= 4 is 39.5 Å². The average Bonchev–Trinajstić information content (AvgIpc) is 3.43. The fourth-order valence-electron chi connectivity index (χ4n) is 9.23. The van der Waals surface area contributed by atoms with Gasteiger partial charge in [-0.3, -0.25) is 37.3 Å². The predicted octanol–water partition coefficient (Wildman–Crippen LogP) is 17.0. The molecule has 0 radical (unpaired) electrons. The maximum atomic E-state index is 13.0. The van der Waals surface area contributed by atoms with E-state index in [-0.39, 0.29) is 25.7 Å². The Morgan fingerprint density at radius 3 is 0.840 bits per heavy atom. The van der Waals surface area contributed by atoms with Crippen molar-refractivity contribution in [3.63, 3.8) is 0 Å². The summed E-state index contributed by atoms with van der Waals surface area (Å²) in [4.78, 5) is 71.8. The molecule has 0 rings (SSSR count). The van der Waals surface area contributed by atoms with Crippen molar-refractivity contribution in [2.24, 2.45) is 5.92 Å². The fraction of sp³-hybridized carbons (Fsp3) is 0.935. The molecule has 0 bridgehead atoms. The van der Waals surface area contributed by atoms with Crippen LogP contribution in [0.5, 0.6) is 0 Å². The lowest BCUT2D eigenvalue weighted by atomic mass is 10.0.